The van der Waals surface area contributed by atoms with Crippen LogP contribution in [-0.4, -0.2) is 60.9 Å². The quantitative estimate of drug-likeness (QED) is 0.223. The van der Waals surface area contributed by atoms with Crippen LogP contribution in [0.4, 0.5) is 5.13 Å². The van der Waals surface area contributed by atoms with Gasteiger partial charge in [-0.25, -0.2) is 9.78 Å². The Hall–Kier alpha value is -2.85. The second kappa shape index (κ2) is 10.6. The maximum Gasteiger partial charge on any atom is 0.338 e. The van der Waals surface area contributed by atoms with E-state index >= 15 is 0 Å². The summed E-state index contributed by atoms with van der Waals surface area (Å²) in [4.78, 5) is 21.8. The van der Waals surface area contributed by atoms with Gasteiger partial charge in [-0.1, -0.05) is 45.8 Å². The van der Waals surface area contributed by atoms with E-state index in [1.807, 2.05) is 18.2 Å². The molecule has 0 radical (unpaired) electrons. The number of rotatable bonds is 7. The smallest absolute Gasteiger partial charge is 0.338 e. The summed E-state index contributed by atoms with van der Waals surface area (Å²) in [7, 11) is 2.97. The van der Waals surface area contributed by atoms with Crippen molar-refractivity contribution in [1.29, 1.82) is 0 Å². The highest BCUT2D eigenvalue weighted by atomic mass is 35.5. The van der Waals surface area contributed by atoms with E-state index in [4.69, 9.17) is 42.2 Å². The third kappa shape index (κ3) is 4.97. The molecule has 6 rings (SSSR count). The van der Waals surface area contributed by atoms with E-state index in [2.05, 4.69) is 21.9 Å². The third-order valence-electron chi connectivity index (χ3n) is 7.39. The Morgan fingerprint density at radius 2 is 1.95 bits per heavy atom. The molecule has 2 aromatic heterocycles. The van der Waals surface area contributed by atoms with Gasteiger partial charge in [0.25, 0.3) is 0 Å². The molecule has 1 aliphatic heterocycles. The van der Waals surface area contributed by atoms with Crippen LogP contribution in [0.3, 0.4) is 0 Å². The summed E-state index contributed by atoms with van der Waals surface area (Å²) in [5, 5.41) is 6.49. The van der Waals surface area contributed by atoms with Crippen molar-refractivity contribution in [1.82, 2.24) is 15.0 Å². The number of nitrogens with zero attached hydrogens (tertiary/aromatic N) is 4. The average molecular weight is 588 g/mol. The lowest BCUT2D eigenvalue weighted by atomic mass is 10.0. The molecular formula is C28H28Cl2N4O4S. The molecule has 1 saturated heterocycles. The number of benzene rings is 2. The van der Waals surface area contributed by atoms with Gasteiger partial charge in [-0.2, -0.15) is 0 Å². The van der Waals surface area contributed by atoms with Crippen molar-refractivity contribution in [3.63, 3.8) is 0 Å². The molecule has 0 amide bonds. The highest BCUT2D eigenvalue weighted by Crippen LogP contribution is 2.46. The Bertz CT molecular complexity index is 1530. The molecule has 2 aromatic carbocycles. The van der Waals surface area contributed by atoms with E-state index in [-0.39, 0.29) is 6.04 Å². The summed E-state index contributed by atoms with van der Waals surface area (Å²) in [6, 6.07) is 9.18. The van der Waals surface area contributed by atoms with E-state index in [9.17, 15) is 4.79 Å². The first-order valence-electron chi connectivity index (χ1n) is 12.9. The predicted octanol–water partition coefficient (Wildman–Crippen LogP) is 6.64. The largest absolute Gasteiger partial charge is 0.495 e. The number of hydrogen-bond acceptors (Lipinski definition) is 9. The third-order valence-corrected chi connectivity index (χ3v) is 9.14. The van der Waals surface area contributed by atoms with Gasteiger partial charge >= 0.3 is 5.97 Å². The maximum atomic E-state index is 12.1. The molecule has 0 bridgehead atoms. The number of carbonyl (C=O) groups is 1. The van der Waals surface area contributed by atoms with Crippen LogP contribution in [0.25, 0.3) is 21.5 Å². The number of carbonyl (C=O) groups excluding carboxylic acids is 1. The van der Waals surface area contributed by atoms with Crippen LogP contribution in [0.5, 0.6) is 5.75 Å². The number of ether oxygens (including phenoxy) is 2. The van der Waals surface area contributed by atoms with Crippen LogP contribution in [0.15, 0.2) is 34.9 Å². The monoisotopic (exact) mass is 586 g/mol. The zero-order valence-electron chi connectivity index (χ0n) is 21.9. The van der Waals surface area contributed by atoms with Crippen molar-refractivity contribution in [3.05, 3.63) is 57.3 Å². The normalized spacial score (nSPS) is 18.1. The minimum atomic E-state index is -0.413. The Balaban J connectivity index is 1.25. The van der Waals surface area contributed by atoms with Gasteiger partial charge in [-0.3, -0.25) is 4.90 Å². The van der Waals surface area contributed by atoms with E-state index in [1.165, 1.54) is 7.11 Å². The molecule has 39 heavy (non-hydrogen) atoms. The Morgan fingerprint density at radius 1 is 1.18 bits per heavy atom. The predicted molar refractivity (Wildman–Crippen MR) is 154 cm³/mol. The number of anilines is 1. The SMILES string of the molecule is COC(=O)c1cc(OC)c2sc(N3CCN(Cc4c(-c5c(Cl)cccc5Cl)noc4C4CC4)C[C@@H]3C)nc2c1. The van der Waals surface area contributed by atoms with E-state index < -0.39 is 5.97 Å². The maximum absolute atomic E-state index is 12.1. The summed E-state index contributed by atoms with van der Waals surface area (Å²) in [5.41, 5.74) is 3.69. The second-order valence-electron chi connectivity index (χ2n) is 10.0. The molecule has 2 aliphatic rings. The van der Waals surface area contributed by atoms with Gasteiger partial charge in [0.2, 0.25) is 0 Å². The van der Waals surface area contributed by atoms with Crippen LogP contribution < -0.4 is 9.64 Å². The fraction of sp³-hybridized carbons (Fsp3) is 0.393. The topological polar surface area (TPSA) is 80.9 Å². The van der Waals surface area contributed by atoms with Crippen molar-refractivity contribution in [2.24, 2.45) is 0 Å². The molecule has 1 atom stereocenters. The summed E-state index contributed by atoms with van der Waals surface area (Å²) < 4.78 is 17.3. The first-order chi connectivity index (χ1) is 18.9. The number of fused-ring (bicyclic) bond motifs is 1. The summed E-state index contributed by atoms with van der Waals surface area (Å²) in [5.74, 6) is 1.57. The highest BCUT2D eigenvalue weighted by molar-refractivity contribution is 7.22. The van der Waals surface area contributed by atoms with Crippen LogP contribution >= 0.6 is 34.5 Å². The molecule has 8 nitrogen and oxygen atoms in total. The molecule has 4 aromatic rings. The molecular weight excluding hydrogens is 559 g/mol. The number of esters is 1. The number of methoxy groups -OCH3 is 2. The standard InChI is InChI=1S/C28H28Cl2N4O4S/c1-15-13-33(14-18-24(32-38-25(18)16-7-8-16)23-19(29)5-4-6-20(23)30)9-10-34(15)28-31-21-11-17(27(35)37-3)12-22(36-2)26(21)39-28/h4-6,11-12,15-16H,7-10,13-14H2,1-3H3/t15-/m0/s1. The fourth-order valence-corrected chi connectivity index (χ4v) is 6.99. The van der Waals surface area contributed by atoms with E-state index in [0.717, 1.165) is 70.4 Å². The Morgan fingerprint density at radius 3 is 2.62 bits per heavy atom. The van der Waals surface area contributed by atoms with Gasteiger partial charge in [-0.05, 0) is 44.0 Å². The minimum absolute atomic E-state index is 0.210. The van der Waals surface area contributed by atoms with Gasteiger partial charge in [0, 0.05) is 49.3 Å². The first kappa shape index (κ1) is 26.4. The van der Waals surface area contributed by atoms with E-state index in [0.29, 0.717) is 33.8 Å². The first-order valence-corrected chi connectivity index (χ1v) is 14.4. The Labute approximate surface area is 240 Å². The molecule has 1 saturated carbocycles. The second-order valence-corrected chi connectivity index (χ2v) is 11.8. The number of piperazine rings is 1. The van der Waals surface area contributed by atoms with Crippen LogP contribution in [-0.2, 0) is 11.3 Å². The van der Waals surface area contributed by atoms with Crippen LogP contribution in [0, 0.1) is 0 Å². The van der Waals surface area contributed by atoms with Crippen molar-refractivity contribution in [3.8, 4) is 17.0 Å². The zero-order chi connectivity index (χ0) is 27.3. The van der Waals surface area contributed by atoms with Crippen molar-refractivity contribution in [2.75, 3.05) is 38.8 Å². The zero-order valence-corrected chi connectivity index (χ0v) is 24.2. The van der Waals surface area contributed by atoms with Gasteiger partial charge in [-0.15, -0.1) is 0 Å². The van der Waals surface area contributed by atoms with Crippen LogP contribution in [0.1, 0.15) is 47.4 Å². The lowest BCUT2D eigenvalue weighted by Gasteiger charge is -2.39. The molecule has 2 fully saturated rings. The summed E-state index contributed by atoms with van der Waals surface area (Å²) in [6.45, 7) is 5.40. The van der Waals surface area contributed by atoms with Crippen molar-refractivity contribution >= 4 is 55.9 Å². The van der Waals surface area contributed by atoms with Gasteiger partial charge in [0.1, 0.15) is 17.2 Å². The number of aromatic nitrogens is 2. The van der Waals surface area contributed by atoms with Crippen molar-refractivity contribution < 1.29 is 18.8 Å². The van der Waals surface area contributed by atoms with Gasteiger partial charge in [0.15, 0.2) is 5.13 Å². The molecule has 204 valence electrons. The van der Waals surface area contributed by atoms with Crippen LogP contribution in [0.2, 0.25) is 10.0 Å². The number of halogens is 2. The molecule has 1 aliphatic carbocycles. The molecule has 0 spiro atoms. The van der Waals surface area contributed by atoms with Crippen molar-refractivity contribution in [2.45, 2.75) is 38.3 Å². The fourth-order valence-electron chi connectivity index (χ4n) is 5.25. The minimum Gasteiger partial charge on any atom is -0.495 e. The number of hydrogen-bond donors (Lipinski definition) is 0. The average Bonchev–Trinajstić information content (AvgIpc) is 3.55. The summed E-state index contributed by atoms with van der Waals surface area (Å²) >= 11 is 14.7. The molecule has 11 heteroatoms. The van der Waals surface area contributed by atoms with Gasteiger partial charge in [0.05, 0.1) is 40.0 Å². The van der Waals surface area contributed by atoms with E-state index in [1.54, 1.807) is 30.6 Å². The Kier molecular flexibility index (Phi) is 7.18. The lowest BCUT2D eigenvalue weighted by Crippen LogP contribution is -2.51. The lowest BCUT2D eigenvalue weighted by molar-refractivity contribution is 0.0600. The van der Waals surface area contributed by atoms with Gasteiger partial charge < -0.3 is 18.9 Å². The number of thiazole rings is 1. The molecule has 0 unspecified atom stereocenters. The molecule has 0 N–H and O–H groups in total. The highest BCUT2D eigenvalue weighted by Gasteiger charge is 2.35. The molecule has 3 heterocycles. The summed E-state index contributed by atoms with van der Waals surface area (Å²) in [6.07, 6.45) is 2.22.